The van der Waals surface area contributed by atoms with Crippen molar-refractivity contribution in [3.63, 3.8) is 0 Å². The number of carboxylic acid groups (broad SMARTS) is 1. The number of carboxylic acids is 1. The van der Waals surface area contributed by atoms with Crippen molar-refractivity contribution in [3.05, 3.63) is 65.9 Å². The minimum absolute atomic E-state index is 0.0164. The maximum absolute atomic E-state index is 12.4. The number of sulfonamides is 1. The molecule has 0 aliphatic heterocycles. The number of aryl methyl sites for hydroxylation is 1. The highest BCUT2D eigenvalue weighted by molar-refractivity contribution is 7.89. The van der Waals surface area contributed by atoms with Crippen LogP contribution >= 0.6 is 0 Å². The molecular weight excluding hydrogens is 340 g/mol. The maximum Gasteiger partial charge on any atom is 0.241 e. The van der Waals surface area contributed by atoms with Gasteiger partial charge in [0.1, 0.15) is 0 Å². The summed E-state index contributed by atoms with van der Waals surface area (Å²) in [7, 11) is -3.96. The van der Waals surface area contributed by atoms with E-state index in [4.69, 9.17) is 0 Å². The molecule has 0 aliphatic rings. The number of para-hydroxylation sites is 1. The first-order chi connectivity index (χ1) is 11.9. The van der Waals surface area contributed by atoms with Crippen LogP contribution in [0.15, 0.2) is 59.6 Å². The molecular formula is C18H17N2O4S-. The lowest BCUT2D eigenvalue weighted by atomic mass is 10.1. The Balaban J connectivity index is 1.86. The average molecular weight is 357 g/mol. The van der Waals surface area contributed by atoms with Gasteiger partial charge in [-0.05, 0) is 37.1 Å². The van der Waals surface area contributed by atoms with Gasteiger partial charge in [0.2, 0.25) is 10.0 Å². The number of aliphatic carboxylic acids is 1. The fourth-order valence-electron chi connectivity index (χ4n) is 2.67. The summed E-state index contributed by atoms with van der Waals surface area (Å²) in [6, 6.07) is 12.2. The van der Waals surface area contributed by atoms with Crippen molar-refractivity contribution in [2.24, 2.45) is 0 Å². The van der Waals surface area contributed by atoms with Gasteiger partial charge in [-0.15, -0.1) is 0 Å². The quantitative estimate of drug-likeness (QED) is 0.690. The number of H-pyrrole nitrogens is 1. The van der Waals surface area contributed by atoms with E-state index in [1.165, 1.54) is 12.1 Å². The number of aromatic amines is 1. The smallest absolute Gasteiger partial charge is 0.241 e. The van der Waals surface area contributed by atoms with E-state index in [0.717, 1.165) is 16.5 Å². The summed E-state index contributed by atoms with van der Waals surface area (Å²) in [5.41, 5.74) is 2.47. The van der Waals surface area contributed by atoms with E-state index in [2.05, 4.69) is 9.71 Å². The molecule has 2 N–H and O–H groups in total. The second-order valence-electron chi connectivity index (χ2n) is 5.87. The second kappa shape index (κ2) is 6.70. The summed E-state index contributed by atoms with van der Waals surface area (Å²) >= 11 is 0. The van der Waals surface area contributed by atoms with E-state index in [1.54, 1.807) is 18.3 Å². The first-order valence-electron chi connectivity index (χ1n) is 7.72. The molecule has 0 spiro atoms. The van der Waals surface area contributed by atoms with Gasteiger partial charge >= 0.3 is 0 Å². The molecule has 2 aromatic carbocycles. The van der Waals surface area contributed by atoms with Gasteiger partial charge < -0.3 is 14.9 Å². The van der Waals surface area contributed by atoms with Gasteiger partial charge in [0.15, 0.2) is 0 Å². The van der Waals surface area contributed by atoms with Gasteiger partial charge in [0.25, 0.3) is 0 Å². The van der Waals surface area contributed by atoms with Crippen LogP contribution in [0, 0.1) is 6.92 Å². The molecule has 0 unspecified atom stereocenters. The van der Waals surface area contributed by atoms with Crippen molar-refractivity contribution in [1.29, 1.82) is 0 Å². The van der Waals surface area contributed by atoms with Gasteiger partial charge in [0, 0.05) is 17.1 Å². The van der Waals surface area contributed by atoms with Crippen LogP contribution in [0.25, 0.3) is 10.9 Å². The Morgan fingerprint density at radius 2 is 1.84 bits per heavy atom. The minimum Gasteiger partial charge on any atom is -0.548 e. The van der Waals surface area contributed by atoms with E-state index in [1.807, 2.05) is 31.2 Å². The summed E-state index contributed by atoms with van der Waals surface area (Å²) in [5.74, 6) is -1.47. The fourth-order valence-corrected chi connectivity index (χ4v) is 3.85. The number of fused-ring (bicyclic) bond motifs is 1. The van der Waals surface area contributed by atoms with Gasteiger partial charge in [-0.1, -0.05) is 35.9 Å². The van der Waals surface area contributed by atoms with Crippen LogP contribution in [0.2, 0.25) is 0 Å². The molecule has 0 amide bonds. The maximum atomic E-state index is 12.4. The Hall–Kier alpha value is -2.64. The van der Waals surface area contributed by atoms with Crippen molar-refractivity contribution in [1.82, 2.24) is 9.71 Å². The third kappa shape index (κ3) is 3.72. The molecule has 0 radical (unpaired) electrons. The molecule has 3 aromatic rings. The first-order valence-corrected chi connectivity index (χ1v) is 9.20. The van der Waals surface area contributed by atoms with Gasteiger partial charge in [0.05, 0.1) is 16.9 Å². The molecule has 130 valence electrons. The van der Waals surface area contributed by atoms with Gasteiger partial charge in [-0.3, -0.25) is 0 Å². The van der Waals surface area contributed by atoms with E-state index < -0.39 is 22.0 Å². The predicted octanol–water partition coefficient (Wildman–Crippen LogP) is 1.12. The molecule has 0 bridgehead atoms. The summed E-state index contributed by atoms with van der Waals surface area (Å²) in [6.45, 7) is 1.84. The lowest BCUT2D eigenvalue weighted by Crippen LogP contribution is -2.49. The predicted molar refractivity (Wildman–Crippen MR) is 92.3 cm³/mol. The molecule has 1 heterocycles. The molecule has 7 heteroatoms. The van der Waals surface area contributed by atoms with Crippen molar-refractivity contribution in [3.8, 4) is 0 Å². The standard InChI is InChI=1S/C18H18N2O4S/c1-12-6-8-14(9-7-12)25(23,24)20-17(18(21)22)10-13-11-19-16-5-3-2-4-15(13)16/h2-9,11,17,19-20H,10H2,1H3,(H,21,22)/p-1/t17-/m1/s1. The molecule has 1 atom stereocenters. The van der Waals surface area contributed by atoms with Crippen molar-refractivity contribution in [2.45, 2.75) is 24.3 Å². The van der Waals surface area contributed by atoms with Crippen LogP contribution in [-0.2, 0) is 21.2 Å². The zero-order valence-electron chi connectivity index (χ0n) is 13.5. The monoisotopic (exact) mass is 357 g/mol. The van der Waals surface area contributed by atoms with E-state index in [-0.39, 0.29) is 11.3 Å². The molecule has 0 saturated heterocycles. The van der Waals surface area contributed by atoms with E-state index >= 15 is 0 Å². The molecule has 1 aromatic heterocycles. The Morgan fingerprint density at radius 1 is 1.16 bits per heavy atom. The van der Waals surface area contributed by atoms with Crippen LogP contribution in [0.5, 0.6) is 0 Å². The highest BCUT2D eigenvalue weighted by Crippen LogP contribution is 2.20. The number of aromatic nitrogens is 1. The molecule has 6 nitrogen and oxygen atoms in total. The third-order valence-corrected chi connectivity index (χ3v) is 5.50. The van der Waals surface area contributed by atoms with E-state index in [0.29, 0.717) is 5.56 Å². The van der Waals surface area contributed by atoms with Crippen molar-refractivity contribution in [2.75, 3.05) is 0 Å². The van der Waals surface area contributed by atoms with Crippen LogP contribution in [0.1, 0.15) is 11.1 Å². The van der Waals surface area contributed by atoms with Crippen molar-refractivity contribution < 1.29 is 18.3 Å². The van der Waals surface area contributed by atoms with Crippen LogP contribution in [0.3, 0.4) is 0 Å². The molecule has 25 heavy (non-hydrogen) atoms. The number of rotatable bonds is 6. The van der Waals surface area contributed by atoms with Crippen LogP contribution in [-0.4, -0.2) is 25.4 Å². The highest BCUT2D eigenvalue weighted by atomic mass is 32.2. The average Bonchev–Trinajstić information content (AvgIpc) is 2.97. The Kier molecular flexibility index (Phi) is 4.61. The largest absolute Gasteiger partial charge is 0.548 e. The van der Waals surface area contributed by atoms with Gasteiger partial charge in [-0.25, -0.2) is 13.1 Å². The Morgan fingerprint density at radius 3 is 2.52 bits per heavy atom. The number of hydrogen-bond donors (Lipinski definition) is 2. The molecule has 0 saturated carbocycles. The number of carbonyl (C=O) groups is 1. The summed E-state index contributed by atoms with van der Waals surface area (Å²) < 4.78 is 27.1. The van der Waals surface area contributed by atoms with Crippen LogP contribution < -0.4 is 9.83 Å². The minimum atomic E-state index is -3.96. The first kappa shape index (κ1) is 17.2. The topological polar surface area (TPSA) is 102 Å². The van der Waals surface area contributed by atoms with E-state index in [9.17, 15) is 18.3 Å². The molecule has 3 rings (SSSR count). The number of carbonyl (C=O) groups excluding carboxylic acids is 1. The zero-order chi connectivity index (χ0) is 18.0. The lowest BCUT2D eigenvalue weighted by Gasteiger charge is -2.19. The summed E-state index contributed by atoms with van der Waals surface area (Å²) in [4.78, 5) is 14.5. The number of hydrogen-bond acceptors (Lipinski definition) is 4. The zero-order valence-corrected chi connectivity index (χ0v) is 14.3. The molecule has 0 fully saturated rings. The van der Waals surface area contributed by atoms with Crippen molar-refractivity contribution >= 4 is 26.9 Å². The number of benzene rings is 2. The number of nitrogens with one attached hydrogen (secondary N) is 2. The Bertz CT molecular complexity index is 1010. The van der Waals surface area contributed by atoms with Crippen LogP contribution in [0.4, 0.5) is 0 Å². The summed E-state index contributed by atoms with van der Waals surface area (Å²) in [5, 5.41) is 12.3. The Labute approximate surface area is 145 Å². The fraction of sp³-hybridized carbons (Fsp3) is 0.167. The third-order valence-electron chi connectivity index (χ3n) is 4.01. The molecule has 0 aliphatic carbocycles. The SMILES string of the molecule is Cc1ccc(S(=O)(=O)N[C@H](Cc2c[nH]c3ccccc23)C(=O)[O-])cc1. The lowest BCUT2D eigenvalue weighted by molar-refractivity contribution is -0.307. The summed E-state index contributed by atoms with van der Waals surface area (Å²) in [6.07, 6.45) is 1.66. The normalized spacial score (nSPS) is 13.0. The second-order valence-corrected chi connectivity index (χ2v) is 7.58. The van der Waals surface area contributed by atoms with Gasteiger partial charge in [-0.2, -0.15) is 0 Å². The highest BCUT2D eigenvalue weighted by Gasteiger charge is 2.22.